The van der Waals surface area contributed by atoms with E-state index in [0.717, 1.165) is 5.82 Å². The minimum absolute atomic E-state index is 0.00621. The summed E-state index contributed by atoms with van der Waals surface area (Å²) < 4.78 is 1.84. The van der Waals surface area contributed by atoms with E-state index < -0.39 is 4.92 Å². The van der Waals surface area contributed by atoms with E-state index in [1.165, 1.54) is 0 Å². The van der Waals surface area contributed by atoms with Crippen molar-refractivity contribution in [1.82, 2.24) is 14.5 Å². The number of nitrogens with one attached hydrogen (secondary N) is 1. The summed E-state index contributed by atoms with van der Waals surface area (Å²) in [5, 5.41) is 13.9. The number of pyridine rings is 1. The molecule has 0 aliphatic heterocycles. The molecule has 2 aromatic rings. The van der Waals surface area contributed by atoms with Crippen LogP contribution in [0, 0.1) is 17.0 Å². The molecule has 0 saturated carbocycles. The van der Waals surface area contributed by atoms with E-state index in [-0.39, 0.29) is 11.5 Å². The van der Waals surface area contributed by atoms with Crippen LogP contribution in [0.5, 0.6) is 0 Å². The molecule has 7 nitrogen and oxygen atoms in total. The highest BCUT2D eigenvalue weighted by Crippen LogP contribution is 2.25. The van der Waals surface area contributed by atoms with Gasteiger partial charge in [-0.2, -0.15) is 0 Å². The molecule has 0 aliphatic carbocycles. The molecule has 18 heavy (non-hydrogen) atoms. The van der Waals surface area contributed by atoms with Gasteiger partial charge in [0, 0.05) is 31.2 Å². The fraction of sp³-hybridized carbons (Fsp3) is 0.273. The molecule has 1 N–H and O–H groups in total. The third kappa shape index (κ3) is 2.29. The Kier molecular flexibility index (Phi) is 3.22. The zero-order valence-corrected chi connectivity index (χ0v) is 10.1. The summed E-state index contributed by atoms with van der Waals surface area (Å²) in [6.07, 6.45) is 5.04. The van der Waals surface area contributed by atoms with Crippen LogP contribution in [-0.4, -0.2) is 19.5 Å². The lowest BCUT2D eigenvalue weighted by molar-refractivity contribution is -0.384. The first-order chi connectivity index (χ1) is 8.59. The molecule has 0 amide bonds. The van der Waals surface area contributed by atoms with Crippen molar-refractivity contribution in [3.05, 3.63) is 46.2 Å². The van der Waals surface area contributed by atoms with Crippen LogP contribution < -0.4 is 5.32 Å². The van der Waals surface area contributed by atoms with E-state index in [1.807, 2.05) is 17.8 Å². The van der Waals surface area contributed by atoms with E-state index in [9.17, 15) is 10.1 Å². The first kappa shape index (κ1) is 12.0. The Morgan fingerprint density at radius 2 is 2.22 bits per heavy atom. The fourth-order valence-corrected chi connectivity index (χ4v) is 1.64. The van der Waals surface area contributed by atoms with Gasteiger partial charge in [0.2, 0.25) is 5.82 Å². The molecule has 0 atom stereocenters. The van der Waals surface area contributed by atoms with Crippen LogP contribution in [-0.2, 0) is 13.6 Å². The monoisotopic (exact) mass is 247 g/mol. The molecule has 2 rings (SSSR count). The number of anilines is 1. The molecule has 94 valence electrons. The van der Waals surface area contributed by atoms with Gasteiger partial charge in [-0.05, 0) is 13.0 Å². The summed E-state index contributed by atoms with van der Waals surface area (Å²) in [5.74, 6) is 1.05. The largest absolute Gasteiger partial charge is 0.357 e. The second-order valence-corrected chi connectivity index (χ2v) is 3.89. The zero-order valence-electron chi connectivity index (χ0n) is 10.1. The number of hydrogen-bond donors (Lipinski definition) is 1. The molecule has 0 fully saturated rings. The van der Waals surface area contributed by atoms with Gasteiger partial charge in [0.1, 0.15) is 5.82 Å². The van der Waals surface area contributed by atoms with E-state index in [0.29, 0.717) is 12.1 Å². The predicted octanol–water partition coefficient (Wildman–Crippen LogP) is 1.64. The second-order valence-electron chi connectivity index (χ2n) is 3.89. The molecule has 0 bridgehead atoms. The number of nitro groups is 1. The summed E-state index contributed by atoms with van der Waals surface area (Å²) in [7, 11) is 1.86. The van der Waals surface area contributed by atoms with Crippen molar-refractivity contribution in [3.63, 3.8) is 0 Å². The first-order valence-electron chi connectivity index (χ1n) is 5.39. The molecular formula is C11H13N5O2. The maximum Gasteiger partial charge on any atom is 0.314 e. The van der Waals surface area contributed by atoms with Crippen molar-refractivity contribution in [1.29, 1.82) is 0 Å². The van der Waals surface area contributed by atoms with Crippen LogP contribution in [0.3, 0.4) is 0 Å². The number of imidazole rings is 1. The summed E-state index contributed by atoms with van der Waals surface area (Å²) >= 11 is 0. The molecule has 0 saturated heterocycles. The van der Waals surface area contributed by atoms with Crippen molar-refractivity contribution >= 4 is 11.5 Å². The van der Waals surface area contributed by atoms with Gasteiger partial charge in [-0.25, -0.2) is 9.97 Å². The smallest absolute Gasteiger partial charge is 0.314 e. The Balaban J connectivity index is 2.22. The minimum Gasteiger partial charge on any atom is -0.357 e. The van der Waals surface area contributed by atoms with Crippen LogP contribution in [0.1, 0.15) is 11.4 Å². The van der Waals surface area contributed by atoms with Gasteiger partial charge in [0.15, 0.2) is 0 Å². The number of nitrogens with zero attached hydrogens (tertiary/aromatic N) is 4. The number of rotatable bonds is 4. The topological polar surface area (TPSA) is 85.9 Å². The molecule has 0 aromatic carbocycles. The van der Waals surface area contributed by atoms with Crippen LogP contribution in [0.15, 0.2) is 24.7 Å². The summed E-state index contributed by atoms with van der Waals surface area (Å²) in [6, 6.07) is 1.62. The number of aromatic nitrogens is 3. The zero-order chi connectivity index (χ0) is 13.1. The maximum atomic E-state index is 11.0. The highest BCUT2D eigenvalue weighted by Gasteiger charge is 2.18. The van der Waals surface area contributed by atoms with Gasteiger partial charge in [-0.3, -0.25) is 10.1 Å². The Labute approximate surface area is 104 Å². The molecule has 0 aliphatic rings. The summed E-state index contributed by atoms with van der Waals surface area (Å²) in [5.41, 5.74) is 0.587. The van der Waals surface area contributed by atoms with Crippen LogP contribution in [0.2, 0.25) is 0 Å². The maximum absolute atomic E-state index is 11.0. The van der Waals surface area contributed by atoms with E-state index >= 15 is 0 Å². The number of aryl methyl sites for hydroxylation is 2. The Morgan fingerprint density at radius 1 is 1.44 bits per heavy atom. The van der Waals surface area contributed by atoms with Crippen molar-refractivity contribution in [3.8, 4) is 0 Å². The van der Waals surface area contributed by atoms with Crippen LogP contribution >= 0.6 is 0 Å². The van der Waals surface area contributed by atoms with Crippen molar-refractivity contribution < 1.29 is 4.92 Å². The van der Waals surface area contributed by atoms with Gasteiger partial charge < -0.3 is 9.88 Å². The quantitative estimate of drug-likeness (QED) is 0.655. The minimum atomic E-state index is -0.427. The molecule has 0 radical (unpaired) electrons. The predicted molar refractivity (Wildman–Crippen MR) is 66.2 cm³/mol. The lowest BCUT2D eigenvalue weighted by Crippen LogP contribution is -2.09. The normalized spacial score (nSPS) is 10.3. The van der Waals surface area contributed by atoms with Crippen molar-refractivity contribution in [2.75, 3.05) is 5.32 Å². The SMILES string of the molecule is Cc1ccnc(NCc2nccn2C)c1[N+](=O)[O-]. The highest BCUT2D eigenvalue weighted by atomic mass is 16.6. The van der Waals surface area contributed by atoms with Gasteiger partial charge >= 0.3 is 5.69 Å². The average Bonchev–Trinajstić information content (AvgIpc) is 2.71. The molecule has 0 spiro atoms. The fourth-order valence-electron chi connectivity index (χ4n) is 1.64. The van der Waals surface area contributed by atoms with Gasteiger partial charge in [0.05, 0.1) is 11.5 Å². The number of hydrogen-bond acceptors (Lipinski definition) is 5. The van der Waals surface area contributed by atoms with Gasteiger partial charge in [-0.1, -0.05) is 0 Å². The van der Waals surface area contributed by atoms with E-state index in [1.54, 1.807) is 25.4 Å². The Hall–Kier alpha value is -2.44. The van der Waals surface area contributed by atoms with Crippen LogP contribution in [0.25, 0.3) is 0 Å². The molecule has 7 heteroatoms. The lowest BCUT2D eigenvalue weighted by atomic mass is 10.2. The Bertz CT molecular complexity index is 579. The van der Waals surface area contributed by atoms with Gasteiger partial charge in [-0.15, -0.1) is 0 Å². The van der Waals surface area contributed by atoms with Crippen molar-refractivity contribution in [2.45, 2.75) is 13.5 Å². The van der Waals surface area contributed by atoms with E-state index in [2.05, 4.69) is 15.3 Å². The van der Waals surface area contributed by atoms with Crippen LogP contribution in [0.4, 0.5) is 11.5 Å². The highest BCUT2D eigenvalue weighted by molar-refractivity contribution is 5.59. The third-order valence-corrected chi connectivity index (χ3v) is 2.64. The third-order valence-electron chi connectivity index (χ3n) is 2.64. The first-order valence-corrected chi connectivity index (χ1v) is 5.39. The Morgan fingerprint density at radius 3 is 2.83 bits per heavy atom. The molecule has 2 aromatic heterocycles. The standard InChI is InChI=1S/C11H13N5O2/c1-8-3-4-13-11(10(8)16(17)18)14-7-9-12-5-6-15(9)2/h3-6H,7H2,1-2H3,(H,13,14). The van der Waals surface area contributed by atoms with Gasteiger partial charge in [0.25, 0.3) is 0 Å². The summed E-state index contributed by atoms with van der Waals surface area (Å²) in [4.78, 5) is 18.7. The van der Waals surface area contributed by atoms with Crippen molar-refractivity contribution in [2.24, 2.45) is 7.05 Å². The summed E-state index contributed by atoms with van der Waals surface area (Å²) in [6.45, 7) is 2.08. The molecule has 0 unspecified atom stereocenters. The average molecular weight is 247 g/mol. The molecule has 2 heterocycles. The van der Waals surface area contributed by atoms with E-state index in [4.69, 9.17) is 0 Å². The lowest BCUT2D eigenvalue weighted by Gasteiger charge is -2.07. The molecular weight excluding hydrogens is 234 g/mol. The second kappa shape index (κ2) is 4.82.